The first kappa shape index (κ1) is 36.3. The number of hydrogen-bond acceptors (Lipinski definition) is 8. The van der Waals surface area contributed by atoms with E-state index >= 15 is 0 Å². The molecule has 7 atom stereocenters. The van der Waals surface area contributed by atoms with Crippen molar-refractivity contribution in [1.29, 1.82) is 5.26 Å². The molecule has 1 unspecified atom stereocenters. The van der Waals surface area contributed by atoms with E-state index < -0.39 is 36.8 Å². The van der Waals surface area contributed by atoms with E-state index in [1.807, 2.05) is 24.3 Å². The second kappa shape index (κ2) is 13.4. The van der Waals surface area contributed by atoms with E-state index in [-0.39, 0.29) is 34.9 Å². The number of likely N-dealkylation sites (tertiary alicyclic amines) is 2. The molecule has 1 aromatic heterocycles. The van der Waals surface area contributed by atoms with Gasteiger partial charge in [0.2, 0.25) is 5.91 Å². The number of carbonyl (C=O) groups is 2. The Labute approximate surface area is 304 Å². The summed E-state index contributed by atoms with van der Waals surface area (Å²) >= 11 is 0. The second-order valence-corrected chi connectivity index (χ2v) is 18.4. The molecule has 1 N–H and O–H groups in total. The average Bonchev–Trinajstić information content (AvgIpc) is 3.78. The zero-order valence-corrected chi connectivity index (χ0v) is 31.7. The number of ether oxygens (including phenoxy) is 1. The molecule has 2 bridgehead atoms. The first-order valence-electron chi connectivity index (χ1n) is 19.3. The molecule has 10 nitrogen and oxygen atoms in total. The van der Waals surface area contributed by atoms with E-state index in [2.05, 4.69) is 64.8 Å². The van der Waals surface area contributed by atoms with Crippen LogP contribution in [0.3, 0.4) is 0 Å². The van der Waals surface area contributed by atoms with Gasteiger partial charge in [0, 0.05) is 24.0 Å². The van der Waals surface area contributed by atoms with Crippen LogP contribution in [0.15, 0.2) is 34.9 Å². The van der Waals surface area contributed by atoms with E-state index in [0.29, 0.717) is 44.1 Å². The van der Waals surface area contributed by atoms with Crippen LogP contribution < -0.4 is 5.32 Å². The van der Waals surface area contributed by atoms with Gasteiger partial charge in [-0.25, -0.2) is 4.79 Å². The van der Waals surface area contributed by atoms with Crippen LogP contribution in [0.25, 0.3) is 11.0 Å². The van der Waals surface area contributed by atoms with E-state index in [1.165, 1.54) is 0 Å². The molecular formula is C40H57BN4O6. The number of nitrogens with zero attached hydrogens (tertiary/aromatic N) is 3. The molecule has 1 aromatic carbocycles. The number of furan rings is 1. The highest BCUT2D eigenvalue weighted by Crippen LogP contribution is 2.65. The smallest absolute Gasteiger partial charge is 0.464 e. The maximum atomic E-state index is 13.7. The molecule has 2 aromatic rings. The minimum atomic E-state index is -0.723. The van der Waals surface area contributed by atoms with E-state index in [1.54, 1.807) is 11.2 Å². The van der Waals surface area contributed by atoms with Crippen LogP contribution in [-0.4, -0.2) is 84.4 Å². The van der Waals surface area contributed by atoms with Crippen molar-refractivity contribution in [1.82, 2.24) is 15.1 Å². The Balaban J connectivity index is 0.991. The molecule has 6 aliphatic rings. The van der Waals surface area contributed by atoms with E-state index in [4.69, 9.17) is 18.5 Å². The fraction of sp³-hybridized carbons (Fsp3) is 0.725. The fourth-order valence-electron chi connectivity index (χ4n) is 10.0. The van der Waals surface area contributed by atoms with Crippen molar-refractivity contribution in [3.8, 4) is 6.07 Å². The number of benzene rings is 1. The van der Waals surface area contributed by atoms with Crippen molar-refractivity contribution in [2.75, 3.05) is 26.2 Å². The molecule has 3 aliphatic heterocycles. The highest BCUT2D eigenvalue weighted by molar-refractivity contribution is 6.48. The summed E-state index contributed by atoms with van der Waals surface area (Å²) in [7, 11) is -0.645. The third kappa shape index (κ3) is 6.93. The molecule has 0 spiro atoms. The van der Waals surface area contributed by atoms with E-state index in [0.717, 1.165) is 55.3 Å². The number of nitriles is 1. The lowest BCUT2D eigenvalue weighted by atomic mass is 9.43. The Hall–Kier alpha value is -3.07. The predicted octanol–water partition coefficient (Wildman–Crippen LogP) is 6.76. The maximum absolute atomic E-state index is 13.7. The van der Waals surface area contributed by atoms with Crippen molar-refractivity contribution in [2.45, 2.75) is 129 Å². The number of amides is 2. The number of alkyl carbamates (subject to hydrolysis) is 1. The molecular weight excluding hydrogens is 643 g/mol. The maximum Gasteiger partial charge on any atom is 0.482 e. The standard InChI is InChI=1S/C40H57BN4O6/c1-37(2)16-18-45(25-37)38(3,4)15-14-26(22-42)35(46)44-17-10-11-29(23-44)49-36(47)43-34(19-27-24-48-31-13-9-8-12-30(27)31)41-50-33-21-28-20-32(39(28,5)6)40(33,7)51-41/h8-9,12-13,24,26,28-29,32-34H,10-11,14-21,23,25H2,1-7H3,(H,43,47)/t26?,28-,29-,32-,33+,34-,40-/m0/s1. The third-order valence-corrected chi connectivity index (χ3v) is 13.6. The first-order chi connectivity index (χ1) is 24.1. The average molecular weight is 701 g/mol. The lowest BCUT2D eigenvalue weighted by molar-refractivity contribution is -0.199. The van der Waals surface area contributed by atoms with Crippen molar-refractivity contribution < 1.29 is 28.1 Å². The number of piperidine rings is 1. The largest absolute Gasteiger partial charge is 0.482 e. The highest BCUT2D eigenvalue weighted by Gasteiger charge is 2.68. The minimum Gasteiger partial charge on any atom is -0.464 e. The number of hydrogen-bond donors (Lipinski definition) is 1. The van der Waals surface area contributed by atoms with Crippen LogP contribution in [-0.2, 0) is 25.3 Å². The number of rotatable bonds is 10. The summed E-state index contributed by atoms with van der Waals surface area (Å²) in [4.78, 5) is 31.5. The number of carbonyl (C=O) groups excluding carboxylic acids is 2. The van der Waals surface area contributed by atoms with Gasteiger partial charge in [0.05, 0.1) is 36.5 Å². The molecule has 0 radical (unpaired) electrons. The monoisotopic (exact) mass is 700 g/mol. The lowest BCUT2D eigenvalue weighted by Crippen LogP contribution is -2.65. The summed E-state index contributed by atoms with van der Waals surface area (Å²) in [6, 6.07) is 10.2. The molecule has 3 saturated heterocycles. The molecule has 4 heterocycles. The van der Waals surface area contributed by atoms with Gasteiger partial charge in [-0.15, -0.1) is 0 Å². The van der Waals surface area contributed by atoms with Gasteiger partial charge in [-0.2, -0.15) is 5.26 Å². The molecule has 276 valence electrons. The minimum absolute atomic E-state index is 0.0283. The molecule has 6 fully saturated rings. The second-order valence-electron chi connectivity index (χ2n) is 18.4. The van der Waals surface area contributed by atoms with Gasteiger partial charge in [0.25, 0.3) is 0 Å². The van der Waals surface area contributed by atoms with Crippen LogP contribution in [0.5, 0.6) is 0 Å². The van der Waals surface area contributed by atoms with Gasteiger partial charge in [-0.1, -0.05) is 45.9 Å². The van der Waals surface area contributed by atoms with Gasteiger partial charge in [0.15, 0.2) is 0 Å². The molecule has 8 rings (SSSR count). The molecule has 3 saturated carbocycles. The van der Waals surface area contributed by atoms with Crippen molar-refractivity contribution >= 4 is 30.1 Å². The van der Waals surface area contributed by atoms with Gasteiger partial charge < -0.3 is 28.7 Å². The Morgan fingerprint density at radius 3 is 2.67 bits per heavy atom. The van der Waals surface area contributed by atoms with Crippen LogP contribution in [0.4, 0.5) is 4.79 Å². The molecule has 3 aliphatic carbocycles. The normalized spacial score (nSPS) is 31.0. The Kier molecular flexibility index (Phi) is 9.55. The summed E-state index contributed by atoms with van der Waals surface area (Å²) < 4.78 is 25.3. The zero-order chi connectivity index (χ0) is 36.3. The molecule has 51 heavy (non-hydrogen) atoms. The SMILES string of the molecule is CC1(C)CCN(C(C)(C)CCC(C#N)C(=O)N2CCC[C@H](OC(=O)N[C@@H](Cc3coc4ccccc34)B3O[C@@H]4C[C@@H]5C[C@@H](C5(C)C)[C@]4(C)O3)C2)C1. The van der Waals surface area contributed by atoms with E-state index in [9.17, 15) is 14.9 Å². The summed E-state index contributed by atoms with van der Waals surface area (Å²) in [6.45, 7) is 18.8. The van der Waals surface area contributed by atoms with Crippen LogP contribution in [0.2, 0.25) is 0 Å². The topological polar surface area (TPSA) is 117 Å². The predicted molar refractivity (Wildman–Crippen MR) is 195 cm³/mol. The zero-order valence-electron chi connectivity index (χ0n) is 31.7. The van der Waals surface area contributed by atoms with Crippen molar-refractivity contribution in [2.24, 2.45) is 28.6 Å². The van der Waals surface area contributed by atoms with Crippen molar-refractivity contribution in [3.05, 3.63) is 36.1 Å². The first-order valence-corrected chi connectivity index (χ1v) is 19.3. The van der Waals surface area contributed by atoms with Crippen LogP contribution >= 0.6 is 0 Å². The summed E-state index contributed by atoms with van der Waals surface area (Å²) in [5.41, 5.74) is 1.72. The van der Waals surface area contributed by atoms with Gasteiger partial charge in [0.1, 0.15) is 17.6 Å². The third-order valence-electron chi connectivity index (χ3n) is 13.6. The number of para-hydroxylation sites is 1. The van der Waals surface area contributed by atoms with Crippen LogP contribution in [0, 0.1) is 39.9 Å². The Morgan fingerprint density at radius 2 is 1.94 bits per heavy atom. The quantitative estimate of drug-likeness (QED) is 0.271. The van der Waals surface area contributed by atoms with Gasteiger partial charge in [-0.3, -0.25) is 9.69 Å². The van der Waals surface area contributed by atoms with Gasteiger partial charge >= 0.3 is 13.2 Å². The summed E-state index contributed by atoms with van der Waals surface area (Å²) in [6.07, 6.45) is 7.00. The number of nitrogens with one attached hydrogen (secondary N) is 1. The lowest BCUT2D eigenvalue weighted by Gasteiger charge is -2.64. The van der Waals surface area contributed by atoms with Crippen molar-refractivity contribution in [3.63, 3.8) is 0 Å². The Morgan fingerprint density at radius 1 is 1.16 bits per heavy atom. The Bertz CT molecular complexity index is 1670. The van der Waals surface area contributed by atoms with Crippen LogP contribution in [0.1, 0.15) is 99.0 Å². The fourth-order valence-corrected chi connectivity index (χ4v) is 10.0. The molecule has 11 heteroatoms. The number of fused-ring (bicyclic) bond motifs is 1. The summed E-state index contributed by atoms with van der Waals surface area (Å²) in [5, 5.41) is 14.2. The molecule has 2 amide bonds. The van der Waals surface area contributed by atoms with Gasteiger partial charge in [-0.05, 0) is 113 Å². The highest BCUT2D eigenvalue weighted by atomic mass is 16.7. The summed E-state index contributed by atoms with van der Waals surface area (Å²) in [5.74, 6) is -0.408.